The van der Waals surface area contributed by atoms with Crippen LogP contribution in [-0.4, -0.2) is 14.8 Å². The highest BCUT2D eigenvalue weighted by atomic mass is 35.5. The molecule has 7 heteroatoms. The van der Waals surface area contributed by atoms with E-state index >= 15 is 0 Å². The second kappa shape index (κ2) is 5.67. The van der Waals surface area contributed by atoms with Crippen molar-refractivity contribution in [2.75, 3.05) is 0 Å². The fourth-order valence-electron chi connectivity index (χ4n) is 1.80. The Labute approximate surface area is 115 Å². The van der Waals surface area contributed by atoms with Crippen molar-refractivity contribution in [2.45, 2.75) is 19.5 Å². The lowest BCUT2D eigenvalue weighted by molar-refractivity contribution is 0.543. The van der Waals surface area contributed by atoms with Crippen LogP contribution >= 0.6 is 23.2 Å². The van der Waals surface area contributed by atoms with E-state index in [1.165, 1.54) is 0 Å². The van der Waals surface area contributed by atoms with Crippen LogP contribution in [0.4, 0.5) is 0 Å². The lowest BCUT2D eigenvalue weighted by atomic mass is 10.1. The first-order valence-electron chi connectivity index (χ1n) is 5.46. The molecule has 0 aliphatic heterocycles. The van der Waals surface area contributed by atoms with Crippen molar-refractivity contribution >= 4 is 23.2 Å². The maximum Gasteiger partial charge on any atom is 0.129 e. The van der Waals surface area contributed by atoms with Gasteiger partial charge in [0.05, 0.1) is 23.0 Å². The minimum atomic E-state index is -0.273. The van der Waals surface area contributed by atoms with Gasteiger partial charge in [-0.2, -0.15) is 5.10 Å². The molecular weight excluding hydrogens is 273 g/mol. The summed E-state index contributed by atoms with van der Waals surface area (Å²) in [4.78, 5) is 4.04. The number of nitrogens with two attached hydrogens (primary N) is 1. The fourth-order valence-corrected chi connectivity index (χ4v) is 2.16. The predicted octanol–water partition coefficient (Wildman–Crippen LogP) is 2.16. The Morgan fingerprint density at radius 1 is 1.39 bits per heavy atom. The van der Waals surface area contributed by atoms with Gasteiger partial charge in [0.25, 0.3) is 0 Å². The maximum absolute atomic E-state index is 6.15. The van der Waals surface area contributed by atoms with E-state index in [2.05, 4.69) is 15.5 Å². The van der Waals surface area contributed by atoms with Crippen LogP contribution in [0.25, 0.3) is 0 Å². The first-order valence-corrected chi connectivity index (χ1v) is 6.21. The predicted molar refractivity (Wildman–Crippen MR) is 71.3 cm³/mol. The Kier molecular flexibility index (Phi) is 4.19. The summed E-state index contributed by atoms with van der Waals surface area (Å²) in [6, 6.07) is 3.29. The molecule has 0 saturated heterocycles. The first-order chi connectivity index (χ1) is 8.67. The van der Waals surface area contributed by atoms with Crippen molar-refractivity contribution in [2.24, 2.45) is 5.84 Å². The third-order valence-corrected chi connectivity index (χ3v) is 3.17. The number of aryl methyl sites for hydroxylation is 1. The minimum absolute atomic E-state index is 0.273. The molecule has 2 aromatic rings. The molecule has 96 valence electrons. The zero-order valence-electron chi connectivity index (χ0n) is 9.77. The van der Waals surface area contributed by atoms with Gasteiger partial charge in [0, 0.05) is 12.7 Å². The Morgan fingerprint density at radius 3 is 2.72 bits per heavy atom. The standard InChI is InChI=1S/C11H13Cl2N5/c1-2-18-11(8(12)6-16-18)10(17-14)7-3-4-9(13)15-5-7/h3-6,10,17H,2,14H2,1H3. The number of nitrogens with one attached hydrogen (secondary N) is 1. The zero-order chi connectivity index (χ0) is 13.1. The first kappa shape index (κ1) is 13.3. The van der Waals surface area contributed by atoms with Crippen molar-refractivity contribution in [3.05, 3.63) is 46.0 Å². The molecule has 1 atom stereocenters. The summed E-state index contributed by atoms with van der Waals surface area (Å²) >= 11 is 11.9. The molecule has 0 aliphatic rings. The van der Waals surface area contributed by atoms with Gasteiger partial charge in [0.15, 0.2) is 0 Å². The average molecular weight is 286 g/mol. The van der Waals surface area contributed by atoms with E-state index < -0.39 is 0 Å². The SMILES string of the molecule is CCn1ncc(Cl)c1C(NN)c1ccc(Cl)nc1. The van der Waals surface area contributed by atoms with E-state index in [1.54, 1.807) is 23.1 Å². The van der Waals surface area contributed by atoms with Crippen molar-refractivity contribution < 1.29 is 0 Å². The van der Waals surface area contributed by atoms with Crippen LogP contribution in [0, 0.1) is 0 Å². The smallest absolute Gasteiger partial charge is 0.129 e. The van der Waals surface area contributed by atoms with E-state index in [4.69, 9.17) is 29.0 Å². The normalized spacial score (nSPS) is 12.7. The molecule has 2 rings (SSSR count). The molecule has 0 saturated carbocycles. The zero-order valence-corrected chi connectivity index (χ0v) is 11.3. The van der Waals surface area contributed by atoms with Gasteiger partial charge in [-0.15, -0.1) is 0 Å². The molecule has 0 amide bonds. The number of hydrogen-bond donors (Lipinski definition) is 2. The van der Waals surface area contributed by atoms with Crippen LogP contribution in [0.2, 0.25) is 10.2 Å². The van der Waals surface area contributed by atoms with Crippen LogP contribution in [0.3, 0.4) is 0 Å². The average Bonchev–Trinajstić information content (AvgIpc) is 2.74. The van der Waals surface area contributed by atoms with E-state index in [0.717, 1.165) is 11.3 Å². The molecule has 18 heavy (non-hydrogen) atoms. The monoisotopic (exact) mass is 285 g/mol. The van der Waals surface area contributed by atoms with Gasteiger partial charge in [-0.3, -0.25) is 10.5 Å². The number of pyridine rings is 1. The summed E-state index contributed by atoms with van der Waals surface area (Å²) in [5, 5.41) is 5.19. The molecule has 0 aliphatic carbocycles. The molecule has 0 spiro atoms. The summed E-state index contributed by atoms with van der Waals surface area (Å²) in [5.74, 6) is 5.62. The van der Waals surface area contributed by atoms with Crippen LogP contribution in [0.15, 0.2) is 24.5 Å². The summed E-state index contributed by atoms with van der Waals surface area (Å²) < 4.78 is 1.79. The number of nitrogens with zero attached hydrogens (tertiary/aromatic N) is 3. The fraction of sp³-hybridized carbons (Fsp3) is 0.273. The van der Waals surface area contributed by atoms with E-state index in [0.29, 0.717) is 16.7 Å². The van der Waals surface area contributed by atoms with Crippen molar-refractivity contribution in [1.82, 2.24) is 20.2 Å². The van der Waals surface area contributed by atoms with Crippen LogP contribution in [0.5, 0.6) is 0 Å². The molecule has 0 radical (unpaired) electrons. The molecule has 0 fully saturated rings. The Bertz CT molecular complexity index is 523. The van der Waals surface area contributed by atoms with Crippen molar-refractivity contribution in [3.8, 4) is 0 Å². The van der Waals surface area contributed by atoms with Crippen LogP contribution < -0.4 is 11.3 Å². The Balaban J connectivity index is 2.44. The second-order valence-corrected chi connectivity index (χ2v) is 4.50. The largest absolute Gasteiger partial charge is 0.271 e. The lowest BCUT2D eigenvalue weighted by Crippen LogP contribution is -2.31. The molecule has 0 bridgehead atoms. The number of rotatable bonds is 4. The Hall–Kier alpha value is -1.14. The molecule has 2 aromatic heterocycles. The highest BCUT2D eigenvalue weighted by Crippen LogP contribution is 2.27. The number of hydrogen-bond acceptors (Lipinski definition) is 4. The number of halogens is 2. The Morgan fingerprint density at radius 2 is 2.17 bits per heavy atom. The van der Waals surface area contributed by atoms with Gasteiger partial charge < -0.3 is 0 Å². The van der Waals surface area contributed by atoms with Gasteiger partial charge in [0.2, 0.25) is 0 Å². The third kappa shape index (κ3) is 2.49. The lowest BCUT2D eigenvalue weighted by Gasteiger charge is -2.18. The highest BCUT2D eigenvalue weighted by molar-refractivity contribution is 6.31. The van der Waals surface area contributed by atoms with Gasteiger partial charge >= 0.3 is 0 Å². The van der Waals surface area contributed by atoms with Gasteiger partial charge in [-0.25, -0.2) is 10.4 Å². The minimum Gasteiger partial charge on any atom is -0.271 e. The van der Waals surface area contributed by atoms with Crippen LogP contribution in [0.1, 0.15) is 24.2 Å². The molecular formula is C11H13Cl2N5. The van der Waals surface area contributed by atoms with Crippen LogP contribution in [-0.2, 0) is 6.54 Å². The van der Waals surface area contributed by atoms with Crippen molar-refractivity contribution in [1.29, 1.82) is 0 Å². The van der Waals surface area contributed by atoms with Gasteiger partial charge in [-0.1, -0.05) is 29.3 Å². The summed E-state index contributed by atoms with van der Waals surface area (Å²) in [7, 11) is 0. The summed E-state index contributed by atoms with van der Waals surface area (Å²) in [6.45, 7) is 2.70. The summed E-state index contributed by atoms with van der Waals surface area (Å²) in [6.07, 6.45) is 3.27. The quantitative estimate of drug-likeness (QED) is 0.513. The topological polar surface area (TPSA) is 68.8 Å². The van der Waals surface area contributed by atoms with Crippen molar-refractivity contribution in [3.63, 3.8) is 0 Å². The van der Waals surface area contributed by atoms with E-state index in [9.17, 15) is 0 Å². The third-order valence-electron chi connectivity index (χ3n) is 2.66. The van der Waals surface area contributed by atoms with E-state index in [-0.39, 0.29) is 6.04 Å². The second-order valence-electron chi connectivity index (χ2n) is 3.71. The van der Waals surface area contributed by atoms with E-state index in [1.807, 2.05) is 13.0 Å². The highest BCUT2D eigenvalue weighted by Gasteiger charge is 2.20. The molecule has 2 heterocycles. The number of hydrazine groups is 1. The summed E-state index contributed by atoms with van der Waals surface area (Å²) in [5.41, 5.74) is 4.41. The molecule has 1 unspecified atom stereocenters. The maximum atomic E-state index is 6.15. The van der Waals surface area contributed by atoms with Gasteiger partial charge in [0.1, 0.15) is 5.15 Å². The number of aromatic nitrogens is 3. The molecule has 3 N–H and O–H groups in total. The van der Waals surface area contributed by atoms with Gasteiger partial charge in [-0.05, 0) is 18.6 Å². The molecule has 5 nitrogen and oxygen atoms in total. The molecule has 0 aromatic carbocycles.